The smallest absolute Gasteiger partial charge is 0.122 e. The molecular weight excluding hydrogens is 226 g/mol. The van der Waals surface area contributed by atoms with E-state index in [1.54, 1.807) is 0 Å². The number of fused-ring (bicyclic) bond motifs is 1. The van der Waals surface area contributed by atoms with Crippen LogP contribution in [0.5, 0.6) is 5.75 Å². The first kappa shape index (κ1) is 12.0. The fourth-order valence-electron chi connectivity index (χ4n) is 3.15. The van der Waals surface area contributed by atoms with Crippen molar-refractivity contribution in [3.05, 3.63) is 29.8 Å². The van der Waals surface area contributed by atoms with Gasteiger partial charge in [0.25, 0.3) is 0 Å². The highest BCUT2D eigenvalue weighted by Gasteiger charge is 2.33. The largest absolute Gasteiger partial charge is 0.493 e. The van der Waals surface area contributed by atoms with Gasteiger partial charge >= 0.3 is 0 Å². The topological polar surface area (TPSA) is 44.5 Å². The molecule has 1 saturated heterocycles. The van der Waals surface area contributed by atoms with Crippen LogP contribution < -0.4 is 10.5 Å². The minimum absolute atomic E-state index is 0.145. The Morgan fingerprint density at radius 2 is 2.17 bits per heavy atom. The predicted octanol–water partition coefficient (Wildman–Crippen LogP) is 2.45. The van der Waals surface area contributed by atoms with Gasteiger partial charge in [0.2, 0.25) is 0 Å². The number of hydrogen-bond donors (Lipinski definition) is 1. The van der Waals surface area contributed by atoms with Crippen LogP contribution in [0.25, 0.3) is 0 Å². The average molecular weight is 247 g/mol. The van der Waals surface area contributed by atoms with Crippen LogP contribution >= 0.6 is 0 Å². The fourth-order valence-corrected chi connectivity index (χ4v) is 3.15. The van der Waals surface area contributed by atoms with Gasteiger partial charge in [-0.25, -0.2) is 0 Å². The second-order valence-corrected chi connectivity index (χ2v) is 5.59. The summed E-state index contributed by atoms with van der Waals surface area (Å²) in [7, 11) is 0. The van der Waals surface area contributed by atoms with Crippen molar-refractivity contribution in [1.29, 1.82) is 0 Å². The normalized spacial score (nSPS) is 31.5. The van der Waals surface area contributed by atoms with E-state index in [0.29, 0.717) is 12.5 Å². The van der Waals surface area contributed by atoms with Gasteiger partial charge in [-0.15, -0.1) is 0 Å². The first-order valence-electron chi connectivity index (χ1n) is 6.85. The maximum Gasteiger partial charge on any atom is 0.122 e. The van der Waals surface area contributed by atoms with Crippen LogP contribution in [-0.2, 0) is 4.74 Å². The summed E-state index contributed by atoms with van der Waals surface area (Å²) >= 11 is 0. The van der Waals surface area contributed by atoms with Crippen molar-refractivity contribution in [2.75, 3.05) is 19.8 Å². The van der Waals surface area contributed by atoms with E-state index < -0.39 is 0 Å². The lowest BCUT2D eigenvalue weighted by molar-refractivity contribution is 0.0295. The summed E-state index contributed by atoms with van der Waals surface area (Å²) < 4.78 is 11.3. The van der Waals surface area contributed by atoms with E-state index in [4.69, 9.17) is 15.2 Å². The maximum absolute atomic E-state index is 6.48. The monoisotopic (exact) mass is 247 g/mol. The Morgan fingerprint density at radius 3 is 3.00 bits per heavy atom. The van der Waals surface area contributed by atoms with Gasteiger partial charge in [-0.1, -0.05) is 18.2 Å². The van der Waals surface area contributed by atoms with E-state index in [1.165, 1.54) is 5.56 Å². The lowest BCUT2D eigenvalue weighted by Gasteiger charge is -2.38. The molecule has 18 heavy (non-hydrogen) atoms. The molecule has 2 atom stereocenters. The summed E-state index contributed by atoms with van der Waals surface area (Å²) in [5.74, 6) is 1.55. The third-order valence-corrected chi connectivity index (χ3v) is 4.09. The number of hydrogen-bond acceptors (Lipinski definition) is 3. The number of benzene rings is 1. The van der Waals surface area contributed by atoms with Crippen molar-refractivity contribution in [1.82, 2.24) is 0 Å². The molecule has 3 nitrogen and oxygen atoms in total. The van der Waals surface area contributed by atoms with Crippen molar-refractivity contribution in [3.63, 3.8) is 0 Å². The zero-order chi connectivity index (χ0) is 12.4. The van der Waals surface area contributed by atoms with Gasteiger partial charge < -0.3 is 15.2 Å². The van der Waals surface area contributed by atoms with Gasteiger partial charge in [-0.2, -0.15) is 0 Å². The van der Waals surface area contributed by atoms with Crippen LogP contribution in [-0.4, -0.2) is 25.4 Å². The van der Waals surface area contributed by atoms with Crippen molar-refractivity contribution >= 4 is 0 Å². The standard InChI is InChI=1S/C15H21NO2/c16-15(7-3-8-17-11-15)10-12-6-9-18-14-5-2-1-4-13(12)14/h1-2,4-5,12H,3,6-11,16H2. The van der Waals surface area contributed by atoms with Crippen LogP contribution in [0.4, 0.5) is 0 Å². The minimum atomic E-state index is -0.145. The number of ether oxygens (including phenoxy) is 2. The van der Waals surface area contributed by atoms with Gasteiger partial charge in [0, 0.05) is 12.1 Å². The zero-order valence-corrected chi connectivity index (χ0v) is 10.7. The van der Waals surface area contributed by atoms with Crippen LogP contribution in [0.3, 0.4) is 0 Å². The molecule has 0 aromatic heterocycles. The number of nitrogens with two attached hydrogens (primary N) is 1. The van der Waals surface area contributed by atoms with E-state index in [1.807, 2.05) is 6.07 Å². The second kappa shape index (κ2) is 4.90. The fraction of sp³-hybridized carbons (Fsp3) is 0.600. The molecule has 0 aliphatic carbocycles. The molecule has 2 aliphatic heterocycles. The first-order valence-corrected chi connectivity index (χ1v) is 6.85. The van der Waals surface area contributed by atoms with Crippen molar-refractivity contribution in [3.8, 4) is 5.75 Å². The van der Waals surface area contributed by atoms with E-state index in [2.05, 4.69) is 18.2 Å². The molecule has 0 amide bonds. The molecule has 0 spiro atoms. The highest BCUT2D eigenvalue weighted by atomic mass is 16.5. The highest BCUT2D eigenvalue weighted by Crippen LogP contribution is 2.39. The predicted molar refractivity (Wildman–Crippen MR) is 70.9 cm³/mol. The number of para-hydroxylation sites is 1. The molecule has 1 aromatic carbocycles. The molecule has 98 valence electrons. The van der Waals surface area contributed by atoms with E-state index in [-0.39, 0.29) is 5.54 Å². The van der Waals surface area contributed by atoms with E-state index in [9.17, 15) is 0 Å². The molecule has 2 unspecified atom stereocenters. The minimum Gasteiger partial charge on any atom is -0.493 e. The second-order valence-electron chi connectivity index (χ2n) is 5.59. The van der Waals surface area contributed by atoms with Crippen LogP contribution in [0.1, 0.15) is 37.2 Å². The molecule has 1 aromatic rings. The van der Waals surface area contributed by atoms with Gasteiger partial charge in [-0.3, -0.25) is 0 Å². The molecule has 1 fully saturated rings. The zero-order valence-electron chi connectivity index (χ0n) is 10.7. The van der Waals surface area contributed by atoms with Crippen LogP contribution in [0.15, 0.2) is 24.3 Å². The SMILES string of the molecule is NC1(CC2CCOc3ccccc32)CCCOC1. The van der Waals surface area contributed by atoms with Crippen molar-refractivity contribution < 1.29 is 9.47 Å². The third kappa shape index (κ3) is 2.38. The van der Waals surface area contributed by atoms with E-state index in [0.717, 1.165) is 44.6 Å². The van der Waals surface area contributed by atoms with Gasteiger partial charge in [0.05, 0.1) is 13.2 Å². The summed E-state index contributed by atoms with van der Waals surface area (Å²) in [5, 5.41) is 0. The maximum atomic E-state index is 6.48. The molecule has 0 radical (unpaired) electrons. The Balaban J connectivity index is 1.77. The lowest BCUT2D eigenvalue weighted by atomic mass is 9.79. The lowest BCUT2D eigenvalue weighted by Crippen LogP contribution is -2.48. The highest BCUT2D eigenvalue weighted by molar-refractivity contribution is 5.38. The summed E-state index contributed by atoms with van der Waals surface area (Å²) in [4.78, 5) is 0. The Labute approximate surface area is 108 Å². The van der Waals surface area contributed by atoms with Crippen LogP contribution in [0.2, 0.25) is 0 Å². The Hall–Kier alpha value is -1.06. The molecule has 3 rings (SSSR count). The Bertz CT molecular complexity index is 413. The van der Waals surface area contributed by atoms with Crippen molar-refractivity contribution in [2.24, 2.45) is 5.73 Å². The molecule has 3 heteroatoms. The molecule has 2 heterocycles. The molecule has 2 aliphatic rings. The average Bonchev–Trinajstić information content (AvgIpc) is 2.40. The third-order valence-electron chi connectivity index (χ3n) is 4.09. The first-order chi connectivity index (χ1) is 8.77. The molecule has 0 saturated carbocycles. The van der Waals surface area contributed by atoms with Gasteiger partial charge in [0.15, 0.2) is 0 Å². The molecule has 2 N–H and O–H groups in total. The summed E-state index contributed by atoms with van der Waals surface area (Å²) in [6.07, 6.45) is 4.23. The summed E-state index contributed by atoms with van der Waals surface area (Å²) in [6, 6.07) is 8.35. The van der Waals surface area contributed by atoms with Gasteiger partial charge in [0.1, 0.15) is 5.75 Å². The Morgan fingerprint density at radius 1 is 1.28 bits per heavy atom. The van der Waals surface area contributed by atoms with Gasteiger partial charge in [-0.05, 0) is 43.2 Å². The quantitative estimate of drug-likeness (QED) is 0.873. The summed E-state index contributed by atoms with van der Waals surface area (Å²) in [6.45, 7) is 2.37. The van der Waals surface area contributed by atoms with E-state index >= 15 is 0 Å². The van der Waals surface area contributed by atoms with Crippen LogP contribution in [0, 0.1) is 0 Å². The molecule has 0 bridgehead atoms. The Kier molecular flexibility index (Phi) is 3.27. The summed E-state index contributed by atoms with van der Waals surface area (Å²) in [5.41, 5.74) is 7.65. The molecular formula is C15H21NO2. The van der Waals surface area contributed by atoms with Crippen molar-refractivity contribution in [2.45, 2.75) is 37.1 Å². The number of rotatable bonds is 2.